The minimum Gasteiger partial charge on any atom is -0.416 e. The molecule has 2 rings (SSSR count). The predicted octanol–water partition coefficient (Wildman–Crippen LogP) is 2.54. The second-order valence-corrected chi connectivity index (χ2v) is 3.80. The predicted molar refractivity (Wildman–Crippen MR) is 56.2 cm³/mol. The molecular formula is C9H5F2IN2O. The Labute approximate surface area is 97.6 Å². The lowest BCUT2D eigenvalue weighted by Gasteiger charge is -1.97. The average molecular weight is 322 g/mol. The van der Waals surface area contributed by atoms with Crippen LogP contribution in [0, 0.1) is 15.5 Å². The molecule has 0 N–H and O–H groups in total. The molecule has 0 atom stereocenters. The molecule has 6 heteroatoms. The van der Waals surface area contributed by atoms with Crippen molar-refractivity contribution >= 4 is 22.6 Å². The molecule has 0 radical (unpaired) electrons. The van der Waals surface area contributed by atoms with E-state index in [-0.39, 0.29) is 0 Å². The van der Waals surface area contributed by atoms with E-state index < -0.39 is 11.6 Å². The van der Waals surface area contributed by atoms with Crippen LogP contribution in [0.1, 0.15) is 11.5 Å². The molecule has 3 nitrogen and oxygen atoms in total. The van der Waals surface area contributed by atoms with Crippen LogP contribution in [-0.2, 0) is 6.42 Å². The Kier molecular flexibility index (Phi) is 2.94. The average Bonchev–Trinajstić information content (AvgIpc) is 2.58. The second kappa shape index (κ2) is 4.21. The minimum atomic E-state index is -0.873. The van der Waals surface area contributed by atoms with Gasteiger partial charge in [-0.3, -0.25) is 0 Å². The molecule has 0 aliphatic heterocycles. The van der Waals surface area contributed by atoms with E-state index in [0.717, 1.165) is 12.1 Å². The van der Waals surface area contributed by atoms with Crippen LogP contribution in [0.2, 0.25) is 0 Å². The van der Waals surface area contributed by atoms with Crippen LogP contribution >= 0.6 is 22.6 Å². The molecule has 78 valence electrons. The molecule has 1 aromatic heterocycles. The van der Waals surface area contributed by atoms with Crippen molar-refractivity contribution in [1.29, 1.82) is 0 Å². The molecule has 1 heterocycles. The Hall–Kier alpha value is -1.05. The third kappa shape index (κ3) is 2.49. The zero-order valence-corrected chi connectivity index (χ0v) is 9.53. The van der Waals surface area contributed by atoms with Gasteiger partial charge in [0, 0.05) is 22.6 Å². The Balaban J connectivity index is 2.21. The van der Waals surface area contributed by atoms with Crippen LogP contribution < -0.4 is 0 Å². The molecule has 1 aromatic carbocycles. The van der Waals surface area contributed by atoms with Gasteiger partial charge in [0.15, 0.2) is 11.6 Å². The van der Waals surface area contributed by atoms with E-state index >= 15 is 0 Å². The number of nitrogens with zero attached hydrogens (tertiary/aromatic N) is 2. The first kappa shape index (κ1) is 10.5. The molecule has 0 fully saturated rings. The third-order valence-corrected chi connectivity index (χ3v) is 2.22. The highest BCUT2D eigenvalue weighted by Crippen LogP contribution is 2.13. The molecule has 0 amide bonds. The number of halogens is 3. The summed E-state index contributed by atoms with van der Waals surface area (Å²) in [6, 6.07) is 3.67. The van der Waals surface area contributed by atoms with Crippen molar-refractivity contribution in [1.82, 2.24) is 10.2 Å². The fraction of sp³-hybridized carbons (Fsp3) is 0.111. The molecule has 0 saturated carbocycles. The quantitative estimate of drug-likeness (QED) is 0.798. The first-order valence-corrected chi connectivity index (χ1v) is 5.15. The lowest BCUT2D eigenvalue weighted by Crippen LogP contribution is -1.91. The number of benzene rings is 1. The lowest BCUT2D eigenvalue weighted by molar-refractivity contribution is 0.477. The first-order valence-electron chi connectivity index (χ1n) is 4.07. The van der Waals surface area contributed by atoms with Crippen LogP contribution in [-0.4, -0.2) is 10.2 Å². The third-order valence-electron chi connectivity index (χ3n) is 1.78. The summed E-state index contributed by atoms with van der Waals surface area (Å²) in [7, 11) is 0. The Morgan fingerprint density at radius 3 is 2.60 bits per heavy atom. The van der Waals surface area contributed by atoms with Gasteiger partial charge in [0.1, 0.15) is 0 Å². The standard InChI is InChI=1S/C9H5F2IN2O/c10-6-2-1-5(3-7(6)11)4-8-13-14-9(12)15-8/h1-3H,4H2. The van der Waals surface area contributed by atoms with Crippen molar-refractivity contribution < 1.29 is 13.2 Å². The van der Waals surface area contributed by atoms with Gasteiger partial charge in [-0.25, -0.2) is 8.78 Å². The van der Waals surface area contributed by atoms with Crippen molar-refractivity contribution in [2.24, 2.45) is 0 Å². The van der Waals surface area contributed by atoms with Gasteiger partial charge in [-0.2, -0.15) is 0 Å². The topological polar surface area (TPSA) is 38.9 Å². The monoisotopic (exact) mass is 322 g/mol. The van der Waals surface area contributed by atoms with Gasteiger partial charge in [0.2, 0.25) is 5.89 Å². The molecular weight excluding hydrogens is 317 g/mol. The zero-order valence-electron chi connectivity index (χ0n) is 7.38. The molecule has 0 unspecified atom stereocenters. The van der Waals surface area contributed by atoms with Crippen LogP contribution in [0.5, 0.6) is 0 Å². The van der Waals surface area contributed by atoms with E-state index in [1.54, 1.807) is 0 Å². The summed E-state index contributed by atoms with van der Waals surface area (Å²) in [5, 5.41) is 7.38. The SMILES string of the molecule is Fc1ccc(Cc2nnc(I)o2)cc1F. The maximum Gasteiger partial charge on any atom is 0.278 e. The Morgan fingerprint density at radius 2 is 2.00 bits per heavy atom. The van der Waals surface area contributed by atoms with Crippen molar-refractivity contribution in [2.45, 2.75) is 6.42 Å². The summed E-state index contributed by atoms with van der Waals surface area (Å²) in [6.45, 7) is 0. The Bertz CT molecular complexity index is 487. The van der Waals surface area contributed by atoms with Gasteiger partial charge in [-0.05, 0) is 17.7 Å². The van der Waals surface area contributed by atoms with E-state index in [1.807, 2.05) is 22.6 Å². The van der Waals surface area contributed by atoms with E-state index in [2.05, 4.69) is 10.2 Å². The number of rotatable bonds is 2. The highest BCUT2D eigenvalue weighted by Gasteiger charge is 2.07. The fourth-order valence-electron chi connectivity index (χ4n) is 1.13. The fourth-order valence-corrected chi connectivity index (χ4v) is 1.49. The Morgan fingerprint density at radius 1 is 1.20 bits per heavy atom. The van der Waals surface area contributed by atoms with Crippen molar-refractivity contribution in [3.05, 3.63) is 45.2 Å². The lowest BCUT2D eigenvalue weighted by atomic mass is 10.1. The summed E-state index contributed by atoms with van der Waals surface area (Å²) in [4.78, 5) is 0. The number of hydrogen-bond acceptors (Lipinski definition) is 3. The van der Waals surface area contributed by atoms with Crippen molar-refractivity contribution in [3.63, 3.8) is 0 Å². The summed E-state index contributed by atoms with van der Waals surface area (Å²) >= 11 is 1.88. The number of hydrogen-bond donors (Lipinski definition) is 0. The van der Waals surface area contributed by atoms with Gasteiger partial charge in [-0.15, -0.1) is 10.2 Å². The summed E-state index contributed by atoms with van der Waals surface area (Å²) < 4.78 is 31.0. The molecule has 0 bridgehead atoms. The van der Waals surface area contributed by atoms with E-state index in [1.165, 1.54) is 6.07 Å². The van der Waals surface area contributed by atoms with Crippen LogP contribution in [0.4, 0.5) is 8.78 Å². The van der Waals surface area contributed by atoms with Crippen LogP contribution in [0.3, 0.4) is 0 Å². The van der Waals surface area contributed by atoms with Crippen molar-refractivity contribution in [2.75, 3.05) is 0 Å². The molecule has 0 spiro atoms. The van der Waals surface area contributed by atoms with Gasteiger partial charge in [-0.1, -0.05) is 6.07 Å². The van der Waals surface area contributed by atoms with Gasteiger partial charge < -0.3 is 4.42 Å². The summed E-state index contributed by atoms with van der Waals surface area (Å²) in [5.74, 6) is -1.36. The summed E-state index contributed by atoms with van der Waals surface area (Å²) in [6.07, 6.45) is 0.299. The first-order chi connectivity index (χ1) is 7.15. The molecule has 0 aliphatic carbocycles. The molecule has 0 aliphatic rings. The highest BCUT2D eigenvalue weighted by molar-refractivity contribution is 14.1. The second-order valence-electron chi connectivity index (χ2n) is 2.87. The maximum absolute atomic E-state index is 12.8. The van der Waals surface area contributed by atoms with Gasteiger partial charge in [0.25, 0.3) is 3.90 Å². The van der Waals surface area contributed by atoms with Crippen molar-refractivity contribution in [3.8, 4) is 0 Å². The normalized spacial score (nSPS) is 10.6. The minimum absolute atomic E-state index is 0.299. The molecule has 0 saturated heterocycles. The number of aromatic nitrogens is 2. The van der Waals surface area contributed by atoms with Gasteiger partial charge >= 0.3 is 0 Å². The maximum atomic E-state index is 12.8. The molecule has 15 heavy (non-hydrogen) atoms. The van der Waals surface area contributed by atoms with Crippen LogP contribution in [0.15, 0.2) is 22.6 Å². The zero-order chi connectivity index (χ0) is 10.8. The smallest absolute Gasteiger partial charge is 0.278 e. The largest absolute Gasteiger partial charge is 0.416 e. The van der Waals surface area contributed by atoms with Crippen LogP contribution in [0.25, 0.3) is 0 Å². The van der Waals surface area contributed by atoms with E-state index in [4.69, 9.17) is 4.42 Å². The highest BCUT2D eigenvalue weighted by atomic mass is 127. The van der Waals surface area contributed by atoms with Gasteiger partial charge in [0.05, 0.1) is 6.42 Å². The molecule has 2 aromatic rings. The summed E-state index contributed by atoms with van der Waals surface area (Å²) in [5.41, 5.74) is 0.592. The van der Waals surface area contributed by atoms with E-state index in [0.29, 0.717) is 21.8 Å². The van der Waals surface area contributed by atoms with E-state index in [9.17, 15) is 8.78 Å².